The maximum Gasteiger partial charge on any atom is 0.347 e. The molecule has 0 N–H and O–H groups in total. The van der Waals surface area contributed by atoms with Crippen LogP contribution in [0.3, 0.4) is 0 Å². The first-order chi connectivity index (χ1) is 12.8. The largest absolute Gasteiger partial charge is 0.458 e. The fraction of sp³-hybridized carbons (Fsp3) is 0.263. The lowest BCUT2D eigenvalue weighted by atomic mass is 10.1. The average Bonchev–Trinajstić information content (AvgIpc) is 3.02. The molecule has 0 aliphatic carbocycles. The summed E-state index contributed by atoms with van der Waals surface area (Å²) >= 11 is 0. The van der Waals surface area contributed by atoms with Crippen molar-refractivity contribution in [2.24, 2.45) is 0 Å². The minimum absolute atomic E-state index is 0. The smallest absolute Gasteiger partial charge is 0.347 e. The Morgan fingerprint density at radius 3 is 2.54 bits per heavy atom. The first-order valence-electron chi connectivity index (χ1n) is 8.30. The van der Waals surface area contributed by atoms with Crippen LogP contribution in [0, 0.1) is 10.1 Å². The summed E-state index contributed by atoms with van der Waals surface area (Å²) in [4.78, 5) is 28.5. The fourth-order valence-electron chi connectivity index (χ4n) is 2.51. The number of halogens is 1. The van der Waals surface area contributed by atoms with Crippen LogP contribution in [0.5, 0.6) is 0 Å². The first-order valence-corrected chi connectivity index (χ1v) is 8.30. The van der Waals surface area contributed by atoms with E-state index in [0.29, 0.717) is 17.9 Å². The van der Waals surface area contributed by atoms with E-state index in [1.54, 1.807) is 36.4 Å². The second-order valence-electron chi connectivity index (χ2n) is 6.22. The number of hydrogen-bond donors (Lipinski definition) is 0. The maximum absolute atomic E-state index is 12.1. The van der Waals surface area contributed by atoms with E-state index in [2.05, 4.69) is 11.6 Å². The van der Waals surface area contributed by atoms with Gasteiger partial charge in [0.15, 0.2) is 0 Å². The third-order valence-corrected chi connectivity index (χ3v) is 3.68. The van der Waals surface area contributed by atoms with Crippen molar-refractivity contribution in [2.45, 2.75) is 13.0 Å². The first kappa shape index (κ1) is 23.1. The Morgan fingerprint density at radius 2 is 2.00 bits per heavy atom. The number of nitro groups is 1. The van der Waals surface area contributed by atoms with Crippen LogP contribution in [0.2, 0.25) is 0 Å². The summed E-state index contributed by atoms with van der Waals surface area (Å²) < 4.78 is 6.67. The molecule has 0 saturated carbocycles. The molecule has 1 aromatic heterocycles. The highest BCUT2D eigenvalue weighted by molar-refractivity contribution is 5.90. The molecule has 8 nitrogen and oxygen atoms in total. The molecule has 0 spiro atoms. The van der Waals surface area contributed by atoms with Crippen LogP contribution < -0.4 is 0 Å². The number of carbonyl (C=O) groups excluding carboxylic acids is 1. The number of nitrogens with zero attached hydrogens (tertiary/aromatic N) is 4. The summed E-state index contributed by atoms with van der Waals surface area (Å²) in [5, 5.41) is 10.9. The highest BCUT2D eigenvalue weighted by atomic mass is 35.5. The Morgan fingerprint density at radius 1 is 1.36 bits per heavy atom. The van der Waals surface area contributed by atoms with Gasteiger partial charge in [0.05, 0.1) is 11.8 Å². The Hall–Kier alpha value is -2.97. The molecule has 1 unspecified atom stereocenters. The van der Waals surface area contributed by atoms with E-state index in [1.807, 2.05) is 25.9 Å². The van der Waals surface area contributed by atoms with Crippen molar-refractivity contribution in [3.05, 3.63) is 64.1 Å². The fourth-order valence-corrected chi connectivity index (χ4v) is 2.51. The number of imidazole rings is 1. The van der Waals surface area contributed by atoms with Crippen molar-refractivity contribution >= 4 is 42.5 Å². The molecule has 0 radical (unpaired) electrons. The average molecular weight is 407 g/mol. The van der Waals surface area contributed by atoms with E-state index in [4.69, 9.17) is 4.74 Å². The van der Waals surface area contributed by atoms with Crippen LogP contribution in [0.15, 0.2) is 37.0 Å². The Labute approximate surface area is 169 Å². The molecule has 0 amide bonds. The van der Waals surface area contributed by atoms with E-state index < -0.39 is 4.92 Å². The molecule has 2 aromatic rings. The molecule has 150 valence electrons. The van der Waals surface area contributed by atoms with Crippen LogP contribution in [0.4, 0.5) is 5.82 Å². The standard InChI is InChI=1S/C19H22N4O4.ClH/c1-5-22-17(20-12-18(22)23(25)26)11-8-15-6-9-16(10-7-15)19(24)27-14(2)13-21(3)4;/h5-12,14H,1,13H2,2-4H3;1H. The van der Waals surface area contributed by atoms with Crippen molar-refractivity contribution in [3.8, 4) is 0 Å². The lowest BCUT2D eigenvalue weighted by Gasteiger charge is -2.17. The highest BCUT2D eigenvalue weighted by Gasteiger charge is 2.16. The molecule has 9 heteroatoms. The van der Waals surface area contributed by atoms with Crippen molar-refractivity contribution in [3.63, 3.8) is 0 Å². The summed E-state index contributed by atoms with van der Waals surface area (Å²) in [5.74, 6) is -0.148. The van der Waals surface area contributed by atoms with Gasteiger partial charge in [0.1, 0.15) is 12.3 Å². The number of hydrogen-bond acceptors (Lipinski definition) is 6. The number of benzene rings is 1. The van der Waals surface area contributed by atoms with Crippen molar-refractivity contribution in [1.29, 1.82) is 0 Å². The monoisotopic (exact) mass is 406 g/mol. The van der Waals surface area contributed by atoms with Crippen molar-refractivity contribution < 1.29 is 14.5 Å². The predicted octanol–water partition coefficient (Wildman–Crippen LogP) is 3.59. The van der Waals surface area contributed by atoms with Gasteiger partial charge in [-0.25, -0.2) is 9.78 Å². The van der Waals surface area contributed by atoms with Gasteiger partial charge in [0.2, 0.25) is 5.82 Å². The van der Waals surface area contributed by atoms with E-state index >= 15 is 0 Å². The number of ether oxygens (including phenoxy) is 1. The number of likely N-dealkylation sites (N-methyl/N-ethyl adjacent to an activating group) is 1. The van der Waals surface area contributed by atoms with Gasteiger partial charge in [0, 0.05) is 12.6 Å². The number of carbonyl (C=O) groups is 1. The normalized spacial score (nSPS) is 11.9. The van der Waals surface area contributed by atoms with Crippen LogP contribution >= 0.6 is 12.4 Å². The summed E-state index contributed by atoms with van der Waals surface area (Å²) in [6.45, 7) is 6.06. The van der Waals surface area contributed by atoms with E-state index in [0.717, 1.165) is 5.56 Å². The molecule has 2 rings (SSSR count). The van der Waals surface area contributed by atoms with Gasteiger partial charge < -0.3 is 19.8 Å². The zero-order chi connectivity index (χ0) is 20.0. The number of aromatic nitrogens is 2. The summed E-state index contributed by atoms with van der Waals surface area (Å²) in [6, 6.07) is 6.87. The van der Waals surface area contributed by atoms with Gasteiger partial charge in [-0.15, -0.1) is 12.4 Å². The van der Waals surface area contributed by atoms with E-state index in [-0.39, 0.29) is 30.3 Å². The Balaban J connectivity index is 0.00000392. The van der Waals surface area contributed by atoms with E-state index in [1.165, 1.54) is 17.0 Å². The minimum atomic E-state index is -0.524. The van der Waals surface area contributed by atoms with Gasteiger partial charge in [-0.2, -0.15) is 4.57 Å². The van der Waals surface area contributed by atoms with Crippen LogP contribution in [0.25, 0.3) is 18.4 Å². The van der Waals surface area contributed by atoms with Crippen LogP contribution in [0.1, 0.15) is 28.7 Å². The van der Waals surface area contributed by atoms with E-state index in [9.17, 15) is 14.9 Å². The zero-order valence-corrected chi connectivity index (χ0v) is 16.8. The van der Waals surface area contributed by atoms with Gasteiger partial charge in [-0.05, 0) is 49.7 Å². The number of rotatable bonds is 8. The lowest BCUT2D eigenvalue weighted by molar-refractivity contribution is -0.390. The number of esters is 1. The molecule has 1 atom stereocenters. The van der Waals surface area contributed by atoms with Gasteiger partial charge in [0.25, 0.3) is 0 Å². The molecule has 0 aliphatic rings. The molecule has 1 aromatic carbocycles. The van der Waals surface area contributed by atoms with Crippen molar-refractivity contribution in [2.75, 3.05) is 20.6 Å². The highest BCUT2D eigenvalue weighted by Crippen LogP contribution is 2.17. The summed E-state index contributed by atoms with van der Waals surface area (Å²) in [5.41, 5.74) is 1.27. The topological polar surface area (TPSA) is 90.5 Å². The second-order valence-corrected chi connectivity index (χ2v) is 6.22. The molecular formula is C19H23ClN4O4. The maximum atomic E-state index is 12.1. The molecule has 0 saturated heterocycles. The predicted molar refractivity (Wildman–Crippen MR) is 111 cm³/mol. The van der Waals surface area contributed by atoms with Gasteiger partial charge in [-0.1, -0.05) is 18.7 Å². The second kappa shape index (κ2) is 10.4. The zero-order valence-electron chi connectivity index (χ0n) is 15.9. The van der Waals surface area contributed by atoms with Crippen molar-refractivity contribution in [1.82, 2.24) is 14.5 Å². The molecule has 0 fully saturated rings. The molecular weight excluding hydrogens is 384 g/mol. The lowest BCUT2D eigenvalue weighted by Crippen LogP contribution is -2.28. The van der Waals surface area contributed by atoms with Gasteiger partial charge in [-0.3, -0.25) is 0 Å². The quantitative estimate of drug-likeness (QED) is 0.378. The Kier molecular flexibility index (Phi) is 8.56. The molecule has 0 aliphatic heterocycles. The third-order valence-electron chi connectivity index (χ3n) is 3.68. The van der Waals surface area contributed by atoms with Crippen LogP contribution in [-0.4, -0.2) is 52.1 Å². The molecule has 28 heavy (non-hydrogen) atoms. The SMILES string of the molecule is C=Cn1c([N+](=O)[O-])cnc1C=Cc1ccc(C(=O)OC(C)CN(C)C)cc1.Cl. The summed E-state index contributed by atoms with van der Waals surface area (Å²) in [6.07, 6.45) is 5.69. The summed E-state index contributed by atoms with van der Waals surface area (Å²) in [7, 11) is 3.83. The van der Waals surface area contributed by atoms with Crippen LogP contribution in [-0.2, 0) is 4.74 Å². The van der Waals surface area contributed by atoms with Gasteiger partial charge >= 0.3 is 11.8 Å². The molecule has 1 heterocycles. The minimum Gasteiger partial charge on any atom is -0.458 e. The third kappa shape index (κ3) is 6.04. The Bertz CT molecular complexity index is 859. The molecule has 0 bridgehead atoms.